The average Bonchev–Trinajstić information content (AvgIpc) is 3.76. The van der Waals surface area contributed by atoms with Crippen LogP contribution in [0, 0.1) is 0 Å². The van der Waals surface area contributed by atoms with Gasteiger partial charge >= 0.3 is 0 Å². The van der Waals surface area contributed by atoms with Crippen LogP contribution in [-0.2, 0) is 0 Å². The molecule has 0 unspecified atom stereocenters. The summed E-state index contributed by atoms with van der Waals surface area (Å²) in [4.78, 5) is 49.8. The molecule has 50 heavy (non-hydrogen) atoms. The monoisotopic (exact) mass is 762 g/mol. The number of hydrogen-bond donors (Lipinski definition) is 8. The van der Waals surface area contributed by atoms with Crippen LogP contribution in [0.1, 0.15) is 67.4 Å². The van der Waals surface area contributed by atoms with Crippen LogP contribution in [-0.4, -0.2) is 82.3 Å². The van der Waals surface area contributed by atoms with Gasteiger partial charge in [0.1, 0.15) is 11.4 Å². The van der Waals surface area contributed by atoms with Gasteiger partial charge in [-0.25, -0.2) is 0 Å². The van der Waals surface area contributed by atoms with Gasteiger partial charge in [0.15, 0.2) is 0 Å². The minimum absolute atomic E-state index is 0.0959. The van der Waals surface area contributed by atoms with E-state index in [1.807, 2.05) is 0 Å². The number of nitrogens with one attached hydrogen (secondary N) is 8. The number of halogens is 4. The maximum atomic E-state index is 12.5. The minimum Gasteiger partial charge on any atom is -0.348 e. The Labute approximate surface area is 307 Å². The zero-order valence-corrected chi connectivity index (χ0v) is 29.5. The van der Waals surface area contributed by atoms with Crippen LogP contribution >= 0.6 is 46.4 Å². The Kier molecular flexibility index (Phi) is 13.1. The molecule has 0 saturated carbocycles. The maximum Gasteiger partial charge on any atom is 0.271 e. The molecule has 4 amide bonds. The van der Waals surface area contributed by atoms with Crippen molar-refractivity contribution in [3.05, 3.63) is 91.4 Å². The van der Waals surface area contributed by atoms with E-state index in [1.54, 1.807) is 36.4 Å². The van der Waals surface area contributed by atoms with Gasteiger partial charge in [0.2, 0.25) is 0 Å². The SMILES string of the molecule is O=C(NC1CCNCC1)c1[nH]ncc1NC(=O)c1c(Cl)cccc1Cl.O=C(NC1CCNCC1)c1[nH]ncc1NC(=O)c1c(Cl)cccc1Cl. The smallest absolute Gasteiger partial charge is 0.271 e. The van der Waals surface area contributed by atoms with Gasteiger partial charge in [-0.2, -0.15) is 10.2 Å². The number of benzene rings is 2. The number of nitrogens with zero attached hydrogens (tertiary/aromatic N) is 2. The molecule has 6 rings (SSSR count). The van der Waals surface area contributed by atoms with Crippen molar-refractivity contribution >= 4 is 81.4 Å². The summed E-state index contributed by atoms with van der Waals surface area (Å²) in [6, 6.07) is 9.78. The second-order valence-corrected chi connectivity index (χ2v) is 13.0. The predicted molar refractivity (Wildman–Crippen MR) is 193 cm³/mol. The standard InChI is InChI=1S/2C16H17Cl2N5O2/c2*17-10-2-1-3-11(18)13(10)15(24)22-12-8-20-23-14(12)16(25)21-9-4-6-19-7-5-9/h2*1-3,8-9,19H,4-7H2,(H,20,23)(H,21,25)(H,22,24). The fraction of sp³-hybridized carbons (Fsp3) is 0.312. The lowest BCUT2D eigenvalue weighted by atomic mass is 10.1. The summed E-state index contributed by atoms with van der Waals surface area (Å²) in [6.45, 7) is 3.45. The molecule has 2 saturated heterocycles. The predicted octanol–water partition coefficient (Wildman–Crippen LogP) is 4.90. The number of hydrogen-bond acceptors (Lipinski definition) is 8. The van der Waals surface area contributed by atoms with Crippen LogP contribution in [0.3, 0.4) is 0 Å². The molecule has 0 bridgehead atoms. The van der Waals surface area contributed by atoms with Crippen LogP contribution in [0.15, 0.2) is 48.8 Å². The van der Waals surface area contributed by atoms with Gasteiger partial charge in [-0.1, -0.05) is 58.5 Å². The molecular formula is C32H34Cl4N10O4. The van der Waals surface area contributed by atoms with Crippen molar-refractivity contribution in [2.24, 2.45) is 0 Å². The first-order valence-electron chi connectivity index (χ1n) is 15.7. The molecular weight excluding hydrogens is 730 g/mol. The maximum absolute atomic E-state index is 12.5. The summed E-state index contributed by atoms with van der Waals surface area (Å²) in [7, 11) is 0. The third kappa shape index (κ3) is 9.53. The van der Waals surface area contributed by atoms with E-state index in [9.17, 15) is 19.2 Å². The summed E-state index contributed by atoms with van der Waals surface area (Å²) >= 11 is 24.2. The molecule has 4 aromatic rings. The van der Waals surface area contributed by atoms with Crippen molar-refractivity contribution in [2.45, 2.75) is 37.8 Å². The molecule has 0 spiro atoms. The lowest BCUT2D eigenvalue weighted by Gasteiger charge is -2.23. The Hall–Kier alpha value is -4.18. The molecule has 0 aliphatic carbocycles. The summed E-state index contributed by atoms with van der Waals surface area (Å²) in [6.07, 6.45) is 6.18. The number of piperidine rings is 2. The minimum atomic E-state index is -0.507. The normalized spacial score (nSPS) is 15.0. The summed E-state index contributed by atoms with van der Waals surface area (Å²) in [5.41, 5.74) is 1.22. The molecule has 2 aromatic carbocycles. The summed E-state index contributed by atoms with van der Waals surface area (Å²) in [5.74, 6) is -1.64. The number of carbonyl (C=O) groups is 4. The second kappa shape index (κ2) is 17.7. The van der Waals surface area contributed by atoms with E-state index in [2.05, 4.69) is 52.3 Å². The van der Waals surface area contributed by atoms with Crippen LogP contribution in [0.25, 0.3) is 0 Å². The van der Waals surface area contributed by atoms with Gasteiger partial charge in [-0.15, -0.1) is 0 Å². The van der Waals surface area contributed by atoms with Crippen molar-refractivity contribution in [1.29, 1.82) is 0 Å². The number of rotatable bonds is 8. The highest BCUT2D eigenvalue weighted by Gasteiger charge is 2.24. The van der Waals surface area contributed by atoms with Crippen molar-refractivity contribution in [2.75, 3.05) is 36.8 Å². The fourth-order valence-electron chi connectivity index (χ4n) is 5.35. The summed E-state index contributed by atoms with van der Waals surface area (Å²) in [5, 5.41) is 31.5. The number of H-pyrrole nitrogens is 2. The number of anilines is 2. The van der Waals surface area contributed by atoms with E-state index in [0.717, 1.165) is 51.9 Å². The highest BCUT2D eigenvalue weighted by Crippen LogP contribution is 2.27. The van der Waals surface area contributed by atoms with Crippen LogP contribution in [0.5, 0.6) is 0 Å². The zero-order chi connectivity index (χ0) is 35.6. The first-order chi connectivity index (χ1) is 24.1. The highest BCUT2D eigenvalue weighted by atomic mass is 35.5. The van der Waals surface area contributed by atoms with Gasteiger partial charge in [0.25, 0.3) is 23.6 Å². The molecule has 4 heterocycles. The van der Waals surface area contributed by atoms with E-state index in [4.69, 9.17) is 46.4 Å². The molecule has 2 aliphatic rings. The number of amides is 4. The first-order valence-corrected chi connectivity index (χ1v) is 17.2. The van der Waals surface area contributed by atoms with E-state index < -0.39 is 11.8 Å². The van der Waals surface area contributed by atoms with E-state index in [-0.39, 0.29) is 77.9 Å². The van der Waals surface area contributed by atoms with Crippen molar-refractivity contribution in [1.82, 2.24) is 41.7 Å². The zero-order valence-electron chi connectivity index (χ0n) is 26.5. The molecule has 8 N–H and O–H groups in total. The molecule has 0 radical (unpaired) electrons. The van der Waals surface area contributed by atoms with Gasteiger partial charge in [0.05, 0.1) is 55.0 Å². The third-order valence-electron chi connectivity index (χ3n) is 7.96. The molecule has 2 aliphatic heterocycles. The summed E-state index contributed by atoms with van der Waals surface area (Å²) < 4.78 is 0. The Morgan fingerprint density at radius 1 is 0.560 bits per heavy atom. The van der Waals surface area contributed by atoms with Gasteiger partial charge in [0, 0.05) is 12.1 Å². The van der Waals surface area contributed by atoms with Gasteiger partial charge < -0.3 is 31.9 Å². The Balaban J connectivity index is 0.000000194. The van der Waals surface area contributed by atoms with Crippen LogP contribution in [0.4, 0.5) is 11.4 Å². The average molecular weight is 765 g/mol. The Morgan fingerprint density at radius 2 is 0.900 bits per heavy atom. The van der Waals surface area contributed by atoms with Crippen molar-refractivity contribution < 1.29 is 19.2 Å². The molecule has 2 aromatic heterocycles. The number of aromatic nitrogens is 4. The Bertz CT molecular complexity index is 1660. The van der Waals surface area contributed by atoms with Gasteiger partial charge in [-0.05, 0) is 76.1 Å². The second-order valence-electron chi connectivity index (χ2n) is 11.4. The van der Waals surface area contributed by atoms with E-state index in [0.29, 0.717) is 0 Å². The van der Waals surface area contributed by atoms with E-state index >= 15 is 0 Å². The fourth-order valence-corrected chi connectivity index (χ4v) is 6.49. The lowest BCUT2D eigenvalue weighted by Crippen LogP contribution is -2.43. The Morgan fingerprint density at radius 3 is 1.24 bits per heavy atom. The van der Waals surface area contributed by atoms with Gasteiger partial charge in [-0.3, -0.25) is 29.4 Å². The molecule has 2 fully saturated rings. The molecule has 14 nitrogen and oxygen atoms in total. The first kappa shape index (κ1) is 37.1. The lowest BCUT2D eigenvalue weighted by molar-refractivity contribution is 0.0916. The van der Waals surface area contributed by atoms with Crippen LogP contribution < -0.4 is 31.9 Å². The molecule has 264 valence electrons. The van der Waals surface area contributed by atoms with Crippen LogP contribution in [0.2, 0.25) is 20.1 Å². The topological polar surface area (TPSA) is 198 Å². The molecule has 18 heteroatoms. The third-order valence-corrected chi connectivity index (χ3v) is 9.22. The van der Waals surface area contributed by atoms with Crippen molar-refractivity contribution in [3.63, 3.8) is 0 Å². The molecule has 0 atom stereocenters. The van der Waals surface area contributed by atoms with Crippen molar-refractivity contribution in [3.8, 4) is 0 Å². The largest absolute Gasteiger partial charge is 0.348 e. The highest BCUT2D eigenvalue weighted by molar-refractivity contribution is 6.41. The quantitative estimate of drug-likeness (QED) is 0.124. The number of aromatic amines is 2. The number of carbonyl (C=O) groups excluding carboxylic acids is 4. The van der Waals surface area contributed by atoms with E-state index in [1.165, 1.54) is 12.4 Å².